The Kier molecular flexibility index (Phi) is 3.14. The Labute approximate surface area is 109 Å². The average Bonchev–Trinajstić information content (AvgIpc) is 2.96. The Morgan fingerprint density at radius 1 is 1.00 bits per heavy atom. The minimum Gasteiger partial charge on any atom is -0.403 e. The summed E-state index contributed by atoms with van der Waals surface area (Å²) in [6.07, 6.45) is 6.89. The van der Waals surface area contributed by atoms with E-state index in [2.05, 4.69) is 25.5 Å². The first-order valence-electron chi connectivity index (χ1n) is 5.78. The van der Waals surface area contributed by atoms with E-state index in [1.165, 1.54) is 0 Å². The van der Waals surface area contributed by atoms with Crippen LogP contribution in [0.1, 0.15) is 5.56 Å². The van der Waals surface area contributed by atoms with Crippen LogP contribution in [0.25, 0.3) is 11.5 Å². The molecule has 0 radical (unpaired) electrons. The van der Waals surface area contributed by atoms with Crippen LogP contribution in [-0.2, 0) is 6.54 Å². The number of nitrogens with zero attached hydrogens (tertiary/aromatic N) is 4. The zero-order valence-electron chi connectivity index (χ0n) is 10.0. The zero-order valence-corrected chi connectivity index (χ0v) is 10.0. The standard InChI is InChI=1S/C13H11N5O/c1-3-10(7-14-5-1)8-16-13-18-17-12(19-13)11-4-2-6-15-9-11/h1-7,9H,8H2,(H,16,18). The molecule has 0 bridgehead atoms. The van der Waals surface area contributed by atoms with Crippen molar-refractivity contribution in [2.75, 3.05) is 5.32 Å². The van der Waals surface area contributed by atoms with Gasteiger partial charge in [0.2, 0.25) is 0 Å². The van der Waals surface area contributed by atoms with Crippen LogP contribution in [0.15, 0.2) is 53.5 Å². The van der Waals surface area contributed by atoms with Crippen LogP contribution in [0.5, 0.6) is 0 Å². The van der Waals surface area contributed by atoms with Crippen molar-refractivity contribution in [2.24, 2.45) is 0 Å². The lowest BCUT2D eigenvalue weighted by Crippen LogP contribution is -1.99. The monoisotopic (exact) mass is 253 g/mol. The molecule has 0 aliphatic rings. The van der Waals surface area contributed by atoms with E-state index in [0.29, 0.717) is 18.5 Å². The highest BCUT2D eigenvalue weighted by molar-refractivity contribution is 5.51. The van der Waals surface area contributed by atoms with Gasteiger partial charge in [-0.1, -0.05) is 11.2 Å². The summed E-state index contributed by atoms with van der Waals surface area (Å²) in [6.45, 7) is 0.586. The van der Waals surface area contributed by atoms with Crippen LogP contribution in [0, 0.1) is 0 Å². The predicted molar refractivity (Wildman–Crippen MR) is 69.1 cm³/mol. The molecule has 0 aliphatic heterocycles. The second-order valence-electron chi connectivity index (χ2n) is 3.87. The Morgan fingerprint density at radius 2 is 1.84 bits per heavy atom. The first-order chi connectivity index (χ1) is 9.42. The number of rotatable bonds is 4. The van der Waals surface area contributed by atoms with Gasteiger partial charge in [-0.2, -0.15) is 0 Å². The van der Waals surface area contributed by atoms with Crippen molar-refractivity contribution >= 4 is 6.01 Å². The summed E-state index contributed by atoms with van der Waals surface area (Å²) < 4.78 is 5.50. The molecule has 0 saturated heterocycles. The van der Waals surface area contributed by atoms with Crippen molar-refractivity contribution in [1.82, 2.24) is 20.2 Å². The van der Waals surface area contributed by atoms with Gasteiger partial charge >= 0.3 is 6.01 Å². The van der Waals surface area contributed by atoms with E-state index < -0.39 is 0 Å². The average molecular weight is 253 g/mol. The topological polar surface area (TPSA) is 76.7 Å². The van der Waals surface area contributed by atoms with E-state index in [0.717, 1.165) is 11.1 Å². The van der Waals surface area contributed by atoms with Gasteiger partial charge in [0.15, 0.2) is 0 Å². The minimum absolute atomic E-state index is 0.378. The largest absolute Gasteiger partial charge is 0.403 e. The van der Waals surface area contributed by atoms with Gasteiger partial charge < -0.3 is 9.73 Å². The summed E-state index contributed by atoms with van der Waals surface area (Å²) in [5.74, 6) is 0.446. The molecule has 3 aromatic rings. The van der Waals surface area contributed by atoms with E-state index in [1.807, 2.05) is 24.3 Å². The molecule has 0 aliphatic carbocycles. The Hall–Kier alpha value is -2.76. The summed E-state index contributed by atoms with van der Waals surface area (Å²) in [5.41, 5.74) is 1.84. The van der Waals surface area contributed by atoms with Crippen LogP contribution in [-0.4, -0.2) is 20.2 Å². The molecular weight excluding hydrogens is 242 g/mol. The highest BCUT2D eigenvalue weighted by Gasteiger charge is 2.07. The van der Waals surface area contributed by atoms with Crippen LogP contribution in [0.2, 0.25) is 0 Å². The minimum atomic E-state index is 0.378. The lowest BCUT2D eigenvalue weighted by molar-refractivity contribution is 0.580. The molecule has 1 N–H and O–H groups in total. The van der Waals surface area contributed by atoms with Crippen molar-refractivity contribution in [3.8, 4) is 11.5 Å². The van der Waals surface area contributed by atoms with Crippen LogP contribution >= 0.6 is 0 Å². The van der Waals surface area contributed by atoms with Crippen molar-refractivity contribution < 1.29 is 4.42 Å². The molecule has 0 atom stereocenters. The molecule has 6 heteroatoms. The molecule has 0 aromatic carbocycles. The van der Waals surface area contributed by atoms with Gasteiger partial charge in [-0.3, -0.25) is 9.97 Å². The fourth-order valence-corrected chi connectivity index (χ4v) is 1.58. The molecule has 6 nitrogen and oxygen atoms in total. The second kappa shape index (κ2) is 5.26. The first kappa shape index (κ1) is 11.3. The molecule has 0 amide bonds. The van der Waals surface area contributed by atoms with Gasteiger partial charge in [0.05, 0.1) is 5.56 Å². The lowest BCUT2D eigenvalue weighted by atomic mass is 10.3. The number of hydrogen-bond acceptors (Lipinski definition) is 6. The summed E-state index contributed by atoms with van der Waals surface area (Å²) in [5, 5.41) is 10.9. The Bertz CT molecular complexity index is 638. The maximum atomic E-state index is 5.50. The summed E-state index contributed by atoms with van der Waals surface area (Å²) >= 11 is 0. The molecule has 3 rings (SSSR count). The van der Waals surface area contributed by atoms with E-state index in [1.54, 1.807) is 24.8 Å². The molecule has 3 heterocycles. The third kappa shape index (κ3) is 2.74. The van der Waals surface area contributed by atoms with Crippen LogP contribution in [0.4, 0.5) is 6.01 Å². The molecule has 0 fully saturated rings. The van der Waals surface area contributed by atoms with Gasteiger partial charge in [0.25, 0.3) is 5.89 Å². The molecule has 0 unspecified atom stereocenters. The first-order valence-corrected chi connectivity index (χ1v) is 5.78. The number of hydrogen-bond donors (Lipinski definition) is 1. The van der Waals surface area contributed by atoms with E-state index >= 15 is 0 Å². The smallest absolute Gasteiger partial charge is 0.316 e. The molecule has 94 valence electrons. The van der Waals surface area contributed by atoms with Gasteiger partial charge in [-0.05, 0) is 23.8 Å². The maximum absolute atomic E-state index is 5.50. The number of pyridine rings is 2. The molecule has 0 saturated carbocycles. The predicted octanol–water partition coefficient (Wildman–Crippen LogP) is 2.14. The highest BCUT2D eigenvalue weighted by atomic mass is 16.4. The fraction of sp³-hybridized carbons (Fsp3) is 0.0769. The second-order valence-corrected chi connectivity index (χ2v) is 3.87. The summed E-state index contributed by atoms with van der Waals surface area (Å²) in [6, 6.07) is 7.92. The maximum Gasteiger partial charge on any atom is 0.316 e. The van der Waals surface area contributed by atoms with Gasteiger partial charge in [0.1, 0.15) is 0 Å². The number of aromatic nitrogens is 4. The van der Waals surface area contributed by atoms with Crippen molar-refractivity contribution in [2.45, 2.75) is 6.54 Å². The Morgan fingerprint density at radius 3 is 2.58 bits per heavy atom. The van der Waals surface area contributed by atoms with Gasteiger partial charge in [-0.25, -0.2) is 0 Å². The van der Waals surface area contributed by atoms with E-state index in [4.69, 9.17) is 4.42 Å². The lowest BCUT2D eigenvalue weighted by Gasteiger charge is -1.99. The molecule has 0 spiro atoms. The number of nitrogens with one attached hydrogen (secondary N) is 1. The van der Waals surface area contributed by atoms with Crippen molar-refractivity contribution in [3.05, 3.63) is 54.6 Å². The van der Waals surface area contributed by atoms with Gasteiger partial charge in [-0.15, -0.1) is 5.10 Å². The summed E-state index contributed by atoms with van der Waals surface area (Å²) in [7, 11) is 0. The van der Waals surface area contributed by atoms with Gasteiger partial charge in [0, 0.05) is 31.3 Å². The molecule has 3 aromatic heterocycles. The highest BCUT2D eigenvalue weighted by Crippen LogP contribution is 2.18. The Balaban J connectivity index is 1.69. The van der Waals surface area contributed by atoms with Crippen molar-refractivity contribution in [3.63, 3.8) is 0 Å². The zero-order chi connectivity index (χ0) is 12.9. The third-order valence-electron chi connectivity index (χ3n) is 2.50. The fourth-order valence-electron chi connectivity index (χ4n) is 1.58. The van der Waals surface area contributed by atoms with Crippen LogP contribution in [0.3, 0.4) is 0 Å². The molecule has 19 heavy (non-hydrogen) atoms. The van der Waals surface area contributed by atoms with Crippen molar-refractivity contribution in [1.29, 1.82) is 0 Å². The normalized spacial score (nSPS) is 10.3. The SMILES string of the molecule is c1cncc(CNc2nnc(-c3cccnc3)o2)c1. The quantitative estimate of drug-likeness (QED) is 0.767. The molecular formula is C13H11N5O. The van der Waals surface area contributed by atoms with E-state index in [9.17, 15) is 0 Å². The van der Waals surface area contributed by atoms with Crippen LogP contribution < -0.4 is 5.32 Å². The third-order valence-corrected chi connectivity index (χ3v) is 2.50. The van der Waals surface area contributed by atoms with E-state index in [-0.39, 0.29) is 0 Å². The number of anilines is 1. The summed E-state index contributed by atoms with van der Waals surface area (Å²) in [4.78, 5) is 8.04.